The van der Waals surface area contributed by atoms with Crippen LogP contribution in [0.5, 0.6) is 0 Å². The Hall–Kier alpha value is -3.96. The van der Waals surface area contributed by atoms with Gasteiger partial charge in [-0.3, -0.25) is 4.79 Å². The lowest BCUT2D eigenvalue weighted by molar-refractivity contribution is 0.579. The van der Waals surface area contributed by atoms with Gasteiger partial charge in [0.15, 0.2) is 0 Å². The van der Waals surface area contributed by atoms with E-state index < -0.39 is 8.32 Å². The molecule has 0 radical (unpaired) electrons. The molecular formula is C27H21ClN4O2Si. The molecule has 0 amide bonds. The van der Waals surface area contributed by atoms with Crippen LogP contribution in [0.2, 0.25) is 5.02 Å². The smallest absolute Gasteiger partial charge is 0.303 e. The van der Waals surface area contributed by atoms with Crippen molar-refractivity contribution >= 4 is 46.5 Å². The van der Waals surface area contributed by atoms with E-state index >= 15 is 0 Å². The first-order chi connectivity index (χ1) is 16.8. The highest BCUT2D eigenvalue weighted by atomic mass is 35.5. The Balaban J connectivity index is 1.84. The first-order valence-corrected chi connectivity index (χ1v) is 13.3. The highest BCUT2D eigenvalue weighted by molar-refractivity contribution is 7.05. The van der Waals surface area contributed by atoms with Gasteiger partial charge in [0.1, 0.15) is 0 Å². The molecule has 0 fully saturated rings. The van der Waals surface area contributed by atoms with E-state index in [0.29, 0.717) is 16.1 Å². The van der Waals surface area contributed by atoms with Crippen molar-refractivity contribution in [3.05, 3.63) is 106 Å². The zero-order valence-corrected chi connectivity index (χ0v) is 20.9. The Bertz CT molecular complexity index is 1680. The average molecular weight is 497 g/mol. The first kappa shape index (κ1) is 22.8. The summed E-state index contributed by atoms with van der Waals surface area (Å²) in [5, 5.41) is 13.0. The lowest BCUT2D eigenvalue weighted by Gasteiger charge is -2.27. The summed E-state index contributed by atoms with van der Waals surface area (Å²) in [6.45, 7) is 0. The van der Waals surface area contributed by atoms with Gasteiger partial charge in [-0.05, 0) is 57.9 Å². The van der Waals surface area contributed by atoms with Crippen LogP contribution in [0, 0.1) is 11.3 Å². The fraction of sp³-hybridized carbons (Fsp3) is 0.0741. The van der Waals surface area contributed by atoms with Gasteiger partial charge >= 0.3 is 8.32 Å². The van der Waals surface area contributed by atoms with Gasteiger partial charge < -0.3 is 13.9 Å². The highest BCUT2D eigenvalue weighted by Gasteiger charge is 2.41. The van der Waals surface area contributed by atoms with Crippen LogP contribution in [-0.4, -0.2) is 27.2 Å². The molecule has 3 aromatic carbocycles. The molecule has 5 aromatic rings. The minimum absolute atomic E-state index is 0.153. The van der Waals surface area contributed by atoms with E-state index in [1.54, 1.807) is 60.5 Å². The molecular weight excluding hydrogens is 476 g/mol. The van der Waals surface area contributed by atoms with E-state index in [0.717, 1.165) is 32.2 Å². The van der Waals surface area contributed by atoms with Crippen molar-refractivity contribution in [3.8, 4) is 17.2 Å². The van der Waals surface area contributed by atoms with Gasteiger partial charge in [0.25, 0.3) is 5.56 Å². The monoisotopic (exact) mass is 496 g/mol. The normalized spacial score (nSPS) is 12.9. The number of rotatable bonds is 4. The number of fused-ring (bicyclic) bond motifs is 1. The van der Waals surface area contributed by atoms with Gasteiger partial charge in [-0.15, -0.1) is 0 Å². The topological polar surface area (TPSA) is 83.8 Å². The van der Waals surface area contributed by atoms with Crippen molar-refractivity contribution in [1.82, 2.24) is 14.1 Å². The first-order valence-electron chi connectivity index (χ1n) is 10.9. The number of hydrogen-bond donors (Lipinski definition) is 1. The van der Waals surface area contributed by atoms with Gasteiger partial charge in [-0.1, -0.05) is 41.9 Å². The van der Waals surface area contributed by atoms with Gasteiger partial charge in [-0.2, -0.15) is 5.26 Å². The highest BCUT2D eigenvalue weighted by Crippen LogP contribution is 2.27. The molecule has 0 saturated carbocycles. The van der Waals surface area contributed by atoms with Crippen molar-refractivity contribution < 1.29 is 4.80 Å². The minimum Gasteiger partial charge on any atom is -0.420 e. The molecule has 1 atom stereocenters. The molecule has 0 aliphatic rings. The second kappa shape index (κ2) is 8.67. The Morgan fingerprint density at radius 2 is 1.74 bits per heavy atom. The largest absolute Gasteiger partial charge is 0.420 e. The van der Waals surface area contributed by atoms with E-state index in [4.69, 9.17) is 11.6 Å². The van der Waals surface area contributed by atoms with E-state index in [1.807, 2.05) is 48.0 Å². The third kappa shape index (κ3) is 3.78. The van der Waals surface area contributed by atoms with Crippen LogP contribution in [0.25, 0.3) is 22.0 Å². The number of aryl methyl sites for hydroxylation is 2. The van der Waals surface area contributed by atoms with Crippen LogP contribution >= 0.6 is 11.6 Å². The van der Waals surface area contributed by atoms with E-state index in [1.165, 1.54) is 0 Å². The van der Waals surface area contributed by atoms with Crippen LogP contribution in [0.3, 0.4) is 0 Å². The summed E-state index contributed by atoms with van der Waals surface area (Å²) in [6, 6.07) is 23.9. The maximum Gasteiger partial charge on any atom is 0.303 e. The predicted octanol–water partition coefficient (Wildman–Crippen LogP) is 2.42. The lowest BCUT2D eigenvalue weighted by atomic mass is 9.99. The number of hydrogen-bond acceptors (Lipinski definition) is 4. The molecule has 2 aromatic heterocycles. The Kier molecular flexibility index (Phi) is 5.65. The number of nitrogens with zero attached hydrogens (tertiary/aromatic N) is 4. The molecule has 0 saturated heterocycles. The molecule has 6 nitrogen and oxygen atoms in total. The summed E-state index contributed by atoms with van der Waals surface area (Å²) in [5.74, 6) is 0. The van der Waals surface area contributed by atoms with Crippen molar-refractivity contribution in [3.63, 3.8) is 0 Å². The van der Waals surface area contributed by atoms with Gasteiger partial charge in [0, 0.05) is 36.8 Å². The summed E-state index contributed by atoms with van der Waals surface area (Å²) in [4.78, 5) is 29.5. The second-order valence-corrected chi connectivity index (χ2v) is 12.0. The standard InChI is InChI=1S/C27H21ClN4O2Si/c1-31-17-30-16-27(31)35(34,21-8-6-20(28)7-9-21)22-10-11-25-24(13-22)23(14-26(33)32(25)2)19-5-3-4-18(12-19)15-29/h3-14,16-17,34H,1-2H3/t35-/m1/s1. The average Bonchev–Trinajstić information content (AvgIpc) is 3.32. The van der Waals surface area contributed by atoms with E-state index in [2.05, 4.69) is 11.1 Å². The summed E-state index contributed by atoms with van der Waals surface area (Å²) in [5.41, 5.74) is 2.56. The van der Waals surface area contributed by atoms with Gasteiger partial charge in [0.05, 0.1) is 28.8 Å². The predicted molar refractivity (Wildman–Crippen MR) is 141 cm³/mol. The maximum atomic E-state index is 12.8. The second-order valence-electron chi connectivity index (χ2n) is 8.49. The van der Waals surface area contributed by atoms with Crippen molar-refractivity contribution in [2.75, 3.05) is 0 Å². The Morgan fingerprint density at radius 1 is 1.00 bits per heavy atom. The van der Waals surface area contributed by atoms with Crippen LogP contribution in [0.15, 0.2) is 90.1 Å². The number of halogens is 1. The van der Waals surface area contributed by atoms with E-state index in [-0.39, 0.29) is 5.56 Å². The molecule has 2 heterocycles. The number of benzene rings is 3. The fourth-order valence-electron chi connectivity index (χ4n) is 4.54. The Morgan fingerprint density at radius 3 is 2.43 bits per heavy atom. The number of aromatic nitrogens is 3. The molecule has 0 bridgehead atoms. The van der Waals surface area contributed by atoms with Gasteiger partial charge in [-0.25, -0.2) is 4.98 Å². The molecule has 8 heteroatoms. The minimum atomic E-state index is -3.48. The van der Waals surface area contributed by atoms with E-state index in [9.17, 15) is 14.9 Å². The zero-order chi connectivity index (χ0) is 24.7. The molecule has 35 heavy (non-hydrogen) atoms. The Labute approximate surface area is 208 Å². The fourth-order valence-corrected chi connectivity index (χ4v) is 7.75. The molecule has 0 unspecified atom stereocenters. The third-order valence-corrected chi connectivity index (χ3v) is 10.2. The molecule has 172 valence electrons. The summed E-state index contributed by atoms with van der Waals surface area (Å²) in [6.07, 6.45) is 3.37. The van der Waals surface area contributed by atoms with Crippen LogP contribution in [0.1, 0.15) is 5.56 Å². The molecule has 0 aliphatic heterocycles. The summed E-state index contributed by atoms with van der Waals surface area (Å²) in [7, 11) is 0.106. The number of nitriles is 1. The van der Waals surface area contributed by atoms with Gasteiger partial charge in [0.2, 0.25) is 0 Å². The van der Waals surface area contributed by atoms with Crippen LogP contribution in [0.4, 0.5) is 0 Å². The SMILES string of the molecule is Cn1cncc1[Si@@](O)(c1ccc(Cl)cc1)c1ccc2c(c1)c(-c1cccc(C#N)c1)cc(=O)n2C. The molecule has 0 aliphatic carbocycles. The summed E-state index contributed by atoms with van der Waals surface area (Å²) < 4.78 is 3.42. The van der Waals surface area contributed by atoms with Crippen molar-refractivity contribution in [1.29, 1.82) is 5.26 Å². The van der Waals surface area contributed by atoms with Crippen LogP contribution in [-0.2, 0) is 14.1 Å². The maximum absolute atomic E-state index is 12.8. The zero-order valence-electron chi connectivity index (χ0n) is 19.1. The van der Waals surface area contributed by atoms with Crippen LogP contribution < -0.4 is 21.2 Å². The molecule has 5 rings (SSSR count). The van der Waals surface area contributed by atoms with Crippen molar-refractivity contribution in [2.45, 2.75) is 0 Å². The third-order valence-electron chi connectivity index (χ3n) is 6.42. The lowest BCUT2D eigenvalue weighted by Crippen LogP contribution is -2.69. The summed E-state index contributed by atoms with van der Waals surface area (Å²) >= 11 is 6.15. The quantitative estimate of drug-likeness (QED) is 0.387. The molecule has 0 spiro atoms. The molecule has 1 N–H and O–H groups in total. The van der Waals surface area contributed by atoms with Crippen molar-refractivity contribution in [2.24, 2.45) is 14.1 Å². The number of pyridine rings is 1. The number of imidazole rings is 1.